The van der Waals surface area contributed by atoms with Gasteiger partial charge >= 0.3 is 5.82 Å². The van der Waals surface area contributed by atoms with E-state index < -0.39 is 11.0 Å². The van der Waals surface area contributed by atoms with Crippen LogP contribution in [0.25, 0.3) is 5.65 Å². The Balaban J connectivity index is 1.76. The van der Waals surface area contributed by atoms with Crippen LogP contribution in [0, 0.1) is 10.1 Å². The third-order valence-electron chi connectivity index (χ3n) is 4.21. The van der Waals surface area contributed by atoms with Crippen molar-refractivity contribution < 1.29 is 14.5 Å². The Hall–Kier alpha value is -3.17. The number of carbonyl (C=O) groups excluding carboxylic acids is 2. The number of amides is 2. The summed E-state index contributed by atoms with van der Waals surface area (Å²) in [5, 5.41) is 16.6. The van der Waals surface area contributed by atoms with Crippen LogP contribution in [0.2, 0.25) is 0 Å². The van der Waals surface area contributed by atoms with E-state index in [0.29, 0.717) is 18.6 Å². The molecule has 132 valence electrons. The number of likely N-dealkylation sites (tertiary alicyclic amines) is 1. The van der Waals surface area contributed by atoms with Crippen LogP contribution < -0.4 is 10.6 Å². The summed E-state index contributed by atoms with van der Waals surface area (Å²) in [6.45, 7) is 0.323. The molecule has 2 N–H and O–H groups in total. The van der Waals surface area contributed by atoms with Gasteiger partial charge in [0.05, 0.1) is 12.7 Å². The average molecular weight is 346 g/mol. The summed E-state index contributed by atoms with van der Waals surface area (Å²) in [7, 11) is 1.53. The zero-order valence-electron chi connectivity index (χ0n) is 13.6. The molecule has 3 heterocycles. The molecule has 0 aromatic carbocycles. The molecule has 2 aromatic rings. The minimum atomic E-state index is -0.546. The van der Waals surface area contributed by atoms with Gasteiger partial charge < -0.3 is 25.6 Å². The number of carbonyl (C=O) groups is 2. The molecule has 1 aliphatic heterocycles. The molecule has 0 radical (unpaired) electrons. The summed E-state index contributed by atoms with van der Waals surface area (Å²) in [6, 6.07) is 4.53. The van der Waals surface area contributed by atoms with Gasteiger partial charge in [0.2, 0.25) is 23.3 Å². The SMILES string of the molecule is CNC(=O)[C@@H]1CCCN1C(=O)CNc1nc2ccccn2c1[N+](=O)[O-]. The van der Waals surface area contributed by atoms with Crippen molar-refractivity contribution >= 4 is 29.1 Å². The maximum atomic E-state index is 12.4. The van der Waals surface area contributed by atoms with Crippen LogP contribution in [0.4, 0.5) is 11.6 Å². The molecule has 2 amide bonds. The predicted octanol–water partition coefficient (Wildman–Crippen LogP) is 0.391. The highest BCUT2D eigenvalue weighted by Gasteiger charge is 2.33. The predicted molar refractivity (Wildman–Crippen MR) is 89.1 cm³/mol. The van der Waals surface area contributed by atoms with Crippen molar-refractivity contribution in [2.75, 3.05) is 25.5 Å². The van der Waals surface area contributed by atoms with Crippen LogP contribution in [-0.2, 0) is 9.59 Å². The van der Waals surface area contributed by atoms with E-state index in [9.17, 15) is 19.7 Å². The number of likely N-dealkylation sites (N-methyl/N-ethyl adjacent to an activating group) is 1. The van der Waals surface area contributed by atoms with Crippen LogP contribution in [0.5, 0.6) is 0 Å². The number of imidazole rings is 1. The van der Waals surface area contributed by atoms with Gasteiger partial charge in [-0.2, -0.15) is 9.38 Å². The summed E-state index contributed by atoms with van der Waals surface area (Å²) in [5.41, 5.74) is 0.411. The summed E-state index contributed by atoms with van der Waals surface area (Å²) in [4.78, 5) is 40.7. The van der Waals surface area contributed by atoms with Crippen LogP contribution >= 0.6 is 0 Å². The van der Waals surface area contributed by atoms with Crippen LogP contribution in [0.3, 0.4) is 0 Å². The number of aromatic nitrogens is 2. The molecule has 1 atom stereocenters. The lowest BCUT2D eigenvalue weighted by molar-refractivity contribution is -0.389. The van der Waals surface area contributed by atoms with E-state index in [1.165, 1.54) is 22.5 Å². The minimum absolute atomic E-state index is 0.0280. The van der Waals surface area contributed by atoms with E-state index >= 15 is 0 Å². The molecular weight excluding hydrogens is 328 g/mol. The molecule has 1 fully saturated rings. The summed E-state index contributed by atoms with van der Waals surface area (Å²) >= 11 is 0. The number of anilines is 1. The lowest BCUT2D eigenvalue weighted by Gasteiger charge is -2.23. The van der Waals surface area contributed by atoms with Gasteiger partial charge in [-0.3, -0.25) is 9.59 Å². The van der Waals surface area contributed by atoms with Crippen molar-refractivity contribution in [2.24, 2.45) is 0 Å². The molecule has 0 bridgehead atoms. The quantitative estimate of drug-likeness (QED) is 0.597. The number of nitrogens with zero attached hydrogens (tertiary/aromatic N) is 4. The van der Waals surface area contributed by atoms with Gasteiger partial charge in [-0.15, -0.1) is 0 Å². The summed E-state index contributed by atoms with van der Waals surface area (Å²) in [6.07, 6.45) is 2.90. The van der Waals surface area contributed by atoms with Gasteiger partial charge in [-0.05, 0) is 23.8 Å². The van der Waals surface area contributed by atoms with Crippen LogP contribution in [-0.4, -0.2) is 57.2 Å². The Labute approximate surface area is 143 Å². The highest BCUT2D eigenvalue weighted by molar-refractivity contribution is 5.89. The van der Waals surface area contributed by atoms with Crippen LogP contribution in [0.1, 0.15) is 12.8 Å². The Morgan fingerprint density at radius 2 is 2.24 bits per heavy atom. The van der Waals surface area contributed by atoms with Gasteiger partial charge in [-0.25, -0.2) is 0 Å². The molecule has 0 spiro atoms. The Morgan fingerprint density at radius 3 is 2.96 bits per heavy atom. The number of nitrogens with one attached hydrogen (secondary N) is 2. The van der Waals surface area contributed by atoms with Crippen molar-refractivity contribution in [3.8, 4) is 0 Å². The van der Waals surface area contributed by atoms with Crippen molar-refractivity contribution in [3.63, 3.8) is 0 Å². The van der Waals surface area contributed by atoms with Gasteiger partial charge in [-0.1, -0.05) is 6.07 Å². The van der Waals surface area contributed by atoms with E-state index in [1.807, 2.05) is 0 Å². The second-order valence-corrected chi connectivity index (χ2v) is 5.68. The van der Waals surface area contributed by atoms with Crippen molar-refractivity contribution in [1.82, 2.24) is 19.6 Å². The average Bonchev–Trinajstić information content (AvgIpc) is 3.23. The van der Waals surface area contributed by atoms with Crippen molar-refractivity contribution in [3.05, 3.63) is 34.5 Å². The molecule has 1 aliphatic rings. The number of pyridine rings is 1. The molecule has 0 saturated carbocycles. The largest absolute Gasteiger partial charge is 0.372 e. The van der Waals surface area contributed by atoms with E-state index in [-0.39, 0.29) is 30.0 Å². The number of rotatable bonds is 5. The first-order chi connectivity index (χ1) is 12.0. The lowest BCUT2D eigenvalue weighted by Crippen LogP contribution is -2.46. The number of hydrogen-bond donors (Lipinski definition) is 2. The monoisotopic (exact) mass is 346 g/mol. The third kappa shape index (κ3) is 3.10. The van der Waals surface area contributed by atoms with Crippen molar-refractivity contribution in [2.45, 2.75) is 18.9 Å². The number of hydrogen-bond acceptors (Lipinski definition) is 6. The van der Waals surface area contributed by atoms with Gasteiger partial charge in [0.1, 0.15) is 6.04 Å². The molecule has 3 rings (SSSR count). The second kappa shape index (κ2) is 6.75. The van der Waals surface area contributed by atoms with Gasteiger partial charge in [0.25, 0.3) is 0 Å². The summed E-state index contributed by atoms with van der Waals surface area (Å²) < 4.78 is 1.34. The minimum Gasteiger partial charge on any atom is -0.358 e. The molecule has 25 heavy (non-hydrogen) atoms. The molecule has 0 aliphatic carbocycles. The highest BCUT2D eigenvalue weighted by atomic mass is 16.6. The summed E-state index contributed by atoms with van der Waals surface area (Å²) in [5.74, 6) is -0.699. The van der Waals surface area contributed by atoms with Crippen LogP contribution in [0.15, 0.2) is 24.4 Å². The molecule has 10 heteroatoms. The smallest absolute Gasteiger partial charge is 0.358 e. The first-order valence-corrected chi connectivity index (χ1v) is 7.89. The van der Waals surface area contributed by atoms with E-state index in [1.54, 1.807) is 18.2 Å². The maximum Gasteiger partial charge on any atom is 0.372 e. The van der Waals surface area contributed by atoms with E-state index in [2.05, 4.69) is 15.6 Å². The number of nitro groups is 1. The lowest BCUT2D eigenvalue weighted by atomic mass is 10.2. The Kier molecular flexibility index (Phi) is 4.50. The fourth-order valence-electron chi connectivity index (χ4n) is 3.04. The molecule has 10 nitrogen and oxygen atoms in total. The second-order valence-electron chi connectivity index (χ2n) is 5.68. The van der Waals surface area contributed by atoms with Gasteiger partial charge in [0, 0.05) is 19.7 Å². The van der Waals surface area contributed by atoms with E-state index in [0.717, 1.165) is 6.42 Å². The van der Waals surface area contributed by atoms with Crippen molar-refractivity contribution in [1.29, 1.82) is 0 Å². The van der Waals surface area contributed by atoms with E-state index in [4.69, 9.17) is 0 Å². The molecular formula is C15H18N6O4. The molecule has 0 unspecified atom stereocenters. The molecule has 1 saturated heterocycles. The van der Waals surface area contributed by atoms with Gasteiger partial charge in [0.15, 0.2) is 0 Å². The zero-order chi connectivity index (χ0) is 18.0. The molecule has 2 aromatic heterocycles. The third-order valence-corrected chi connectivity index (χ3v) is 4.21. The fraction of sp³-hybridized carbons (Fsp3) is 0.400. The maximum absolute atomic E-state index is 12.4. The highest BCUT2D eigenvalue weighted by Crippen LogP contribution is 2.25. The number of fused-ring (bicyclic) bond motifs is 1. The Bertz CT molecular complexity index is 833. The first kappa shape index (κ1) is 16.7. The Morgan fingerprint density at radius 1 is 1.44 bits per heavy atom. The standard InChI is InChI=1S/C15H18N6O4/c1-16-14(23)10-5-4-8-19(10)12(22)9-17-13-15(21(24)25)20-7-3-2-6-11(20)18-13/h2-3,6-7,10,17H,4-5,8-9H2,1H3,(H,16,23)/t10-/m0/s1. The normalized spacial score (nSPS) is 16.8. The fourth-order valence-corrected chi connectivity index (χ4v) is 3.04. The zero-order valence-corrected chi connectivity index (χ0v) is 13.6. The first-order valence-electron chi connectivity index (χ1n) is 7.89. The topological polar surface area (TPSA) is 122 Å².